The van der Waals surface area contributed by atoms with Crippen LogP contribution in [-0.4, -0.2) is 28.3 Å². The summed E-state index contributed by atoms with van der Waals surface area (Å²) in [6.45, 7) is 6.12. The third-order valence-corrected chi connectivity index (χ3v) is 3.28. The molecule has 21 heavy (non-hydrogen) atoms. The number of rotatable bonds is 7. The molecule has 0 fully saturated rings. The monoisotopic (exact) mass is 305 g/mol. The van der Waals surface area contributed by atoms with Crippen molar-refractivity contribution in [1.29, 1.82) is 0 Å². The smallest absolute Gasteiger partial charge is 0.247 e. The lowest BCUT2D eigenvalue weighted by molar-refractivity contribution is 0.711. The van der Waals surface area contributed by atoms with Crippen LogP contribution in [0.3, 0.4) is 0 Å². The highest BCUT2D eigenvalue weighted by molar-refractivity contribution is 6.33. The Labute approximate surface area is 130 Å². The van der Waals surface area contributed by atoms with Gasteiger partial charge in [0.25, 0.3) is 0 Å². The van der Waals surface area contributed by atoms with E-state index in [0.29, 0.717) is 16.8 Å². The van der Waals surface area contributed by atoms with Gasteiger partial charge in [0.15, 0.2) is 5.82 Å². The number of para-hydroxylation sites is 1. The molecule has 0 aliphatic rings. The average molecular weight is 306 g/mol. The molecule has 0 amide bonds. The van der Waals surface area contributed by atoms with Gasteiger partial charge in [-0.05, 0) is 25.0 Å². The fourth-order valence-electron chi connectivity index (χ4n) is 2.04. The summed E-state index contributed by atoms with van der Waals surface area (Å²) in [5.41, 5.74) is 0.808. The molecule has 1 N–H and O–H groups in total. The van der Waals surface area contributed by atoms with Crippen molar-refractivity contribution in [2.24, 2.45) is 0 Å². The van der Waals surface area contributed by atoms with Crippen LogP contribution in [0, 0.1) is 0 Å². The number of benzene rings is 1. The van der Waals surface area contributed by atoms with E-state index in [2.05, 4.69) is 39.2 Å². The van der Waals surface area contributed by atoms with Gasteiger partial charge < -0.3 is 10.2 Å². The lowest BCUT2D eigenvalue weighted by Gasteiger charge is -2.21. The first-order valence-electron chi connectivity index (χ1n) is 7.20. The van der Waals surface area contributed by atoms with Crippen LogP contribution >= 0.6 is 11.6 Å². The first-order valence-corrected chi connectivity index (χ1v) is 7.58. The summed E-state index contributed by atoms with van der Waals surface area (Å²) in [6, 6.07) is 7.55. The average Bonchev–Trinajstić information content (AvgIpc) is 2.50. The van der Waals surface area contributed by atoms with Gasteiger partial charge in [-0.25, -0.2) is 0 Å². The topological polar surface area (TPSA) is 53.9 Å². The van der Waals surface area contributed by atoms with E-state index in [1.165, 1.54) is 0 Å². The number of nitrogens with one attached hydrogen (secondary N) is 1. The Bertz CT molecular complexity index is 569. The highest BCUT2D eigenvalue weighted by Crippen LogP contribution is 2.24. The fraction of sp³-hybridized carbons (Fsp3) is 0.400. The van der Waals surface area contributed by atoms with Gasteiger partial charge >= 0.3 is 0 Å². The molecule has 6 heteroatoms. The minimum absolute atomic E-state index is 0.644. The quantitative estimate of drug-likeness (QED) is 0.841. The predicted octanol–water partition coefficient (Wildman–Crippen LogP) is 3.90. The molecule has 0 saturated heterocycles. The van der Waals surface area contributed by atoms with Crippen LogP contribution in [0.1, 0.15) is 26.7 Å². The van der Waals surface area contributed by atoms with Gasteiger partial charge in [-0.2, -0.15) is 10.1 Å². The van der Waals surface area contributed by atoms with E-state index in [9.17, 15) is 0 Å². The molecule has 0 aliphatic carbocycles. The SMILES string of the molecule is CCCN(CCC)c1nncc(Nc2ccccc2Cl)n1. The summed E-state index contributed by atoms with van der Waals surface area (Å²) in [5.74, 6) is 1.29. The van der Waals surface area contributed by atoms with Gasteiger partial charge in [0.05, 0.1) is 16.9 Å². The standard InChI is InChI=1S/C15H20ClN5/c1-3-9-21(10-4-2)15-19-14(11-17-20-15)18-13-8-6-5-7-12(13)16/h5-8,11H,3-4,9-10H2,1-2H3,(H,18,19,20). The third kappa shape index (κ3) is 4.29. The van der Waals surface area contributed by atoms with Crippen LogP contribution in [0.4, 0.5) is 17.5 Å². The summed E-state index contributed by atoms with van der Waals surface area (Å²) in [6.07, 6.45) is 3.69. The molecule has 1 aromatic carbocycles. The highest BCUT2D eigenvalue weighted by Gasteiger charge is 2.10. The van der Waals surface area contributed by atoms with Crippen LogP contribution in [-0.2, 0) is 0 Å². The Morgan fingerprint density at radius 1 is 1.14 bits per heavy atom. The van der Waals surface area contributed by atoms with Crippen molar-refractivity contribution < 1.29 is 0 Å². The summed E-state index contributed by atoms with van der Waals surface area (Å²) in [5, 5.41) is 12.0. The van der Waals surface area contributed by atoms with Crippen molar-refractivity contribution in [1.82, 2.24) is 15.2 Å². The second-order valence-electron chi connectivity index (χ2n) is 4.73. The van der Waals surface area contributed by atoms with Crippen molar-refractivity contribution in [2.75, 3.05) is 23.3 Å². The maximum absolute atomic E-state index is 6.14. The Kier molecular flexibility index (Phi) is 5.75. The van der Waals surface area contributed by atoms with Crippen LogP contribution in [0.15, 0.2) is 30.5 Å². The number of hydrogen-bond acceptors (Lipinski definition) is 5. The summed E-state index contributed by atoms with van der Waals surface area (Å²) < 4.78 is 0. The minimum Gasteiger partial charge on any atom is -0.339 e. The van der Waals surface area contributed by atoms with Crippen LogP contribution < -0.4 is 10.2 Å². The maximum atomic E-state index is 6.14. The lowest BCUT2D eigenvalue weighted by atomic mass is 10.3. The van der Waals surface area contributed by atoms with Gasteiger partial charge in [-0.1, -0.05) is 37.6 Å². The molecule has 0 saturated carbocycles. The molecular formula is C15H20ClN5. The van der Waals surface area contributed by atoms with E-state index >= 15 is 0 Å². The Morgan fingerprint density at radius 2 is 1.86 bits per heavy atom. The van der Waals surface area contributed by atoms with E-state index in [1.807, 2.05) is 24.3 Å². The van der Waals surface area contributed by atoms with Crippen molar-refractivity contribution in [3.05, 3.63) is 35.5 Å². The van der Waals surface area contributed by atoms with Gasteiger partial charge in [-0.3, -0.25) is 0 Å². The van der Waals surface area contributed by atoms with Crippen LogP contribution in [0.5, 0.6) is 0 Å². The number of aromatic nitrogens is 3. The minimum atomic E-state index is 0.644. The van der Waals surface area contributed by atoms with E-state index in [1.54, 1.807) is 6.20 Å². The molecule has 0 unspecified atom stereocenters. The number of nitrogens with zero attached hydrogens (tertiary/aromatic N) is 4. The van der Waals surface area contributed by atoms with E-state index in [4.69, 9.17) is 11.6 Å². The maximum Gasteiger partial charge on any atom is 0.247 e. The van der Waals surface area contributed by atoms with Crippen LogP contribution in [0.2, 0.25) is 5.02 Å². The second-order valence-corrected chi connectivity index (χ2v) is 5.14. The summed E-state index contributed by atoms with van der Waals surface area (Å²) in [7, 11) is 0. The first kappa shape index (κ1) is 15.5. The van der Waals surface area contributed by atoms with Crippen molar-refractivity contribution in [3.63, 3.8) is 0 Å². The molecule has 1 aromatic heterocycles. The molecule has 0 atom stereocenters. The molecule has 0 aliphatic heterocycles. The van der Waals surface area contributed by atoms with E-state index < -0.39 is 0 Å². The molecule has 0 bridgehead atoms. The van der Waals surface area contributed by atoms with E-state index in [-0.39, 0.29) is 0 Å². The zero-order valence-electron chi connectivity index (χ0n) is 12.4. The van der Waals surface area contributed by atoms with Gasteiger partial charge in [0.1, 0.15) is 0 Å². The Morgan fingerprint density at radius 3 is 2.52 bits per heavy atom. The second kappa shape index (κ2) is 7.78. The fourth-order valence-corrected chi connectivity index (χ4v) is 2.22. The summed E-state index contributed by atoms with van der Waals surface area (Å²) >= 11 is 6.14. The molecular weight excluding hydrogens is 286 g/mol. The van der Waals surface area contributed by atoms with E-state index in [0.717, 1.165) is 31.6 Å². The van der Waals surface area contributed by atoms with Gasteiger partial charge in [0.2, 0.25) is 5.95 Å². The van der Waals surface area contributed by atoms with Crippen molar-refractivity contribution in [3.8, 4) is 0 Å². The molecule has 1 heterocycles. The van der Waals surface area contributed by atoms with Gasteiger partial charge in [-0.15, -0.1) is 5.10 Å². The van der Waals surface area contributed by atoms with Crippen molar-refractivity contribution in [2.45, 2.75) is 26.7 Å². The molecule has 5 nitrogen and oxygen atoms in total. The molecule has 2 aromatic rings. The normalized spacial score (nSPS) is 10.4. The number of anilines is 3. The van der Waals surface area contributed by atoms with Crippen molar-refractivity contribution >= 4 is 29.1 Å². The highest BCUT2D eigenvalue weighted by atomic mass is 35.5. The Hall–Kier alpha value is -1.88. The molecule has 0 spiro atoms. The summed E-state index contributed by atoms with van der Waals surface area (Å²) in [4.78, 5) is 6.67. The largest absolute Gasteiger partial charge is 0.339 e. The zero-order chi connectivity index (χ0) is 15.1. The molecule has 2 rings (SSSR count). The molecule has 112 valence electrons. The lowest BCUT2D eigenvalue weighted by Crippen LogP contribution is -2.27. The zero-order valence-corrected chi connectivity index (χ0v) is 13.1. The first-order chi connectivity index (χ1) is 10.2. The number of halogens is 1. The van der Waals surface area contributed by atoms with Gasteiger partial charge in [0, 0.05) is 13.1 Å². The molecule has 0 radical (unpaired) electrons. The van der Waals surface area contributed by atoms with Crippen LogP contribution in [0.25, 0.3) is 0 Å². The number of hydrogen-bond donors (Lipinski definition) is 1. The third-order valence-electron chi connectivity index (χ3n) is 2.95. The predicted molar refractivity (Wildman–Crippen MR) is 87.4 cm³/mol. The Balaban J connectivity index is 2.18.